The van der Waals surface area contributed by atoms with Crippen LogP contribution in [0.25, 0.3) is 0 Å². The van der Waals surface area contributed by atoms with E-state index in [1.54, 1.807) is 6.20 Å². The average Bonchev–Trinajstić information content (AvgIpc) is 3.25. The molecule has 0 bridgehead atoms. The minimum absolute atomic E-state index is 0.0502. The molecule has 3 aromatic rings. The molecular weight excluding hydrogens is 300 g/mol. The highest BCUT2D eigenvalue weighted by Gasteiger charge is 2.28. The van der Waals surface area contributed by atoms with Gasteiger partial charge >= 0.3 is 0 Å². The molecule has 24 heavy (non-hydrogen) atoms. The third-order valence-corrected chi connectivity index (χ3v) is 4.67. The van der Waals surface area contributed by atoms with Gasteiger partial charge in [-0.2, -0.15) is 5.10 Å². The predicted molar refractivity (Wildman–Crippen MR) is 91.7 cm³/mol. The van der Waals surface area contributed by atoms with Crippen molar-refractivity contribution in [1.82, 2.24) is 19.2 Å². The molecule has 0 spiro atoms. The zero-order valence-electron chi connectivity index (χ0n) is 13.7. The molecule has 1 unspecified atom stereocenters. The molecule has 5 nitrogen and oxygen atoms in total. The fraction of sp³-hybridized carbons (Fsp3) is 0.263. The van der Waals surface area contributed by atoms with E-state index in [4.69, 9.17) is 0 Å². The Morgan fingerprint density at radius 2 is 2.00 bits per heavy atom. The number of nitrogens with zero attached hydrogens (tertiary/aromatic N) is 4. The lowest BCUT2D eigenvalue weighted by molar-refractivity contribution is 0.0644. The molecule has 122 valence electrons. The lowest BCUT2D eigenvalue weighted by Gasteiger charge is -2.34. The van der Waals surface area contributed by atoms with Crippen LogP contribution < -0.4 is 0 Å². The summed E-state index contributed by atoms with van der Waals surface area (Å²) in [5.74, 6) is 0.0502. The van der Waals surface area contributed by atoms with Gasteiger partial charge in [0.05, 0.1) is 24.3 Å². The summed E-state index contributed by atoms with van der Waals surface area (Å²) in [6.07, 6.45) is 5.59. The van der Waals surface area contributed by atoms with E-state index in [0.717, 1.165) is 13.1 Å². The van der Waals surface area contributed by atoms with Crippen LogP contribution in [0, 0.1) is 0 Å². The van der Waals surface area contributed by atoms with Gasteiger partial charge in [0.2, 0.25) is 0 Å². The van der Waals surface area contributed by atoms with Gasteiger partial charge in [0.25, 0.3) is 5.91 Å². The molecule has 0 saturated heterocycles. The molecule has 0 saturated carbocycles. The summed E-state index contributed by atoms with van der Waals surface area (Å²) in [4.78, 5) is 14.8. The van der Waals surface area contributed by atoms with Gasteiger partial charge in [-0.15, -0.1) is 0 Å². The second-order valence-corrected chi connectivity index (χ2v) is 6.21. The first-order valence-electron chi connectivity index (χ1n) is 8.25. The molecular formula is C19H20N4O. The van der Waals surface area contributed by atoms with Crippen LogP contribution in [0.15, 0.2) is 61.1 Å². The van der Waals surface area contributed by atoms with E-state index in [2.05, 4.69) is 41.0 Å². The number of fused-ring (bicyclic) bond motifs is 1. The Balaban J connectivity index is 1.51. The van der Waals surface area contributed by atoms with Gasteiger partial charge in [0.15, 0.2) is 0 Å². The maximum absolute atomic E-state index is 12.9. The molecule has 0 N–H and O–H groups in total. The third-order valence-electron chi connectivity index (χ3n) is 4.67. The molecule has 4 rings (SSSR count). The van der Waals surface area contributed by atoms with Crippen LogP contribution in [-0.4, -0.2) is 31.7 Å². The second kappa shape index (κ2) is 6.00. The Morgan fingerprint density at radius 1 is 1.17 bits per heavy atom. The van der Waals surface area contributed by atoms with Crippen LogP contribution in [0.3, 0.4) is 0 Å². The van der Waals surface area contributed by atoms with Crippen LogP contribution in [0.4, 0.5) is 0 Å². The molecule has 0 fully saturated rings. The lowest BCUT2D eigenvalue weighted by Crippen LogP contribution is -2.40. The van der Waals surface area contributed by atoms with E-state index in [9.17, 15) is 4.79 Å². The minimum Gasteiger partial charge on any atom is -0.348 e. The highest BCUT2D eigenvalue weighted by atomic mass is 16.2. The summed E-state index contributed by atoms with van der Waals surface area (Å²) in [6.45, 7) is 4.33. The SMILES string of the molecule is CC1c2cccn2CCN1C(=O)c1cnn(Cc2ccccc2)c1. The van der Waals surface area contributed by atoms with E-state index in [0.29, 0.717) is 12.1 Å². The van der Waals surface area contributed by atoms with E-state index in [1.165, 1.54) is 11.3 Å². The van der Waals surface area contributed by atoms with E-state index in [-0.39, 0.29) is 11.9 Å². The van der Waals surface area contributed by atoms with Gasteiger partial charge in [-0.1, -0.05) is 30.3 Å². The lowest BCUT2D eigenvalue weighted by atomic mass is 10.1. The molecule has 1 amide bonds. The molecule has 1 aliphatic rings. The largest absolute Gasteiger partial charge is 0.348 e. The average molecular weight is 320 g/mol. The van der Waals surface area contributed by atoms with E-state index >= 15 is 0 Å². The van der Waals surface area contributed by atoms with Crippen LogP contribution in [0.5, 0.6) is 0 Å². The normalized spacial score (nSPS) is 16.9. The van der Waals surface area contributed by atoms with Gasteiger partial charge < -0.3 is 9.47 Å². The Labute approximate surface area is 141 Å². The fourth-order valence-corrected chi connectivity index (χ4v) is 3.35. The summed E-state index contributed by atoms with van der Waals surface area (Å²) < 4.78 is 4.03. The molecule has 2 aromatic heterocycles. The van der Waals surface area contributed by atoms with Gasteiger partial charge in [0, 0.05) is 31.2 Å². The fourth-order valence-electron chi connectivity index (χ4n) is 3.35. The number of carbonyl (C=O) groups excluding carboxylic acids is 1. The Bertz CT molecular complexity index is 849. The molecule has 5 heteroatoms. The summed E-state index contributed by atoms with van der Waals surface area (Å²) in [6, 6.07) is 14.3. The zero-order valence-corrected chi connectivity index (χ0v) is 13.7. The van der Waals surface area contributed by atoms with Crippen LogP contribution in [-0.2, 0) is 13.1 Å². The van der Waals surface area contributed by atoms with Crippen LogP contribution >= 0.6 is 0 Å². The summed E-state index contributed by atoms with van der Waals surface area (Å²) in [7, 11) is 0. The highest BCUT2D eigenvalue weighted by Crippen LogP contribution is 2.26. The topological polar surface area (TPSA) is 43.1 Å². The van der Waals surface area contributed by atoms with Gasteiger partial charge in [0.1, 0.15) is 0 Å². The quantitative estimate of drug-likeness (QED) is 0.744. The predicted octanol–water partition coefficient (Wildman–Crippen LogP) is 2.95. The van der Waals surface area contributed by atoms with Gasteiger partial charge in [-0.25, -0.2) is 0 Å². The summed E-state index contributed by atoms with van der Waals surface area (Å²) in [5, 5.41) is 4.35. The van der Waals surface area contributed by atoms with Crippen molar-refractivity contribution in [3.05, 3.63) is 77.9 Å². The first-order chi connectivity index (χ1) is 11.7. The number of aromatic nitrogens is 3. The Kier molecular flexibility index (Phi) is 3.69. The third kappa shape index (κ3) is 2.62. The molecule has 1 aromatic carbocycles. The van der Waals surface area contributed by atoms with E-state index in [1.807, 2.05) is 40.0 Å². The number of benzene rings is 1. The first kappa shape index (κ1) is 14.8. The molecule has 0 radical (unpaired) electrons. The van der Waals surface area contributed by atoms with Crippen molar-refractivity contribution in [3.63, 3.8) is 0 Å². The number of carbonyl (C=O) groups is 1. The summed E-state index contributed by atoms with van der Waals surface area (Å²) in [5.41, 5.74) is 3.01. The van der Waals surface area contributed by atoms with Crippen LogP contribution in [0.2, 0.25) is 0 Å². The number of hydrogen-bond acceptors (Lipinski definition) is 2. The molecule has 3 heterocycles. The number of amides is 1. The molecule has 0 aliphatic carbocycles. The van der Waals surface area contributed by atoms with Crippen molar-refractivity contribution in [2.75, 3.05) is 6.54 Å². The second-order valence-electron chi connectivity index (χ2n) is 6.21. The molecule has 1 atom stereocenters. The van der Waals surface area contributed by atoms with Crippen molar-refractivity contribution in [2.24, 2.45) is 0 Å². The smallest absolute Gasteiger partial charge is 0.257 e. The van der Waals surface area contributed by atoms with Crippen molar-refractivity contribution in [1.29, 1.82) is 0 Å². The number of rotatable bonds is 3. The van der Waals surface area contributed by atoms with Crippen molar-refractivity contribution >= 4 is 5.91 Å². The minimum atomic E-state index is 0.0502. The van der Waals surface area contributed by atoms with Crippen molar-refractivity contribution < 1.29 is 4.79 Å². The molecule has 1 aliphatic heterocycles. The van der Waals surface area contributed by atoms with Gasteiger partial charge in [-0.3, -0.25) is 9.48 Å². The summed E-state index contributed by atoms with van der Waals surface area (Å²) >= 11 is 0. The maximum Gasteiger partial charge on any atom is 0.257 e. The maximum atomic E-state index is 12.9. The zero-order chi connectivity index (χ0) is 16.5. The Hall–Kier alpha value is -2.82. The van der Waals surface area contributed by atoms with Crippen LogP contribution in [0.1, 0.15) is 34.6 Å². The standard InChI is InChI=1S/C19H20N4O/c1-15-18-8-5-9-21(18)10-11-23(15)19(24)17-12-20-22(14-17)13-16-6-3-2-4-7-16/h2-9,12,14-15H,10-11,13H2,1H3. The number of hydrogen-bond donors (Lipinski definition) is 0. The van der Waals surface area contributed by atoms with Gasteiger partial charge in [-0.05, 0) is 24.6 Å². The highest BCUT2D eigenvalue weighted by molar-refractivity contribution is 5.94. The van der Waals surface area contributed by atoms with E-state index < -0.39 is 0 Å². The first-order valence-corrected chi connectivity index (χ1v) is 8.25. The Morgan fingerprint density at radius 3 is 2.83 bits per heavy atom. The monoisotopic (exact) mass is 320 g/mol. The van der Waals surface area contributed by atoms with Crippen molar-refractivity contribution in [2.45, 2.75) is 26.1 Å². The van der Waals surface area contributed by atoms with Crippen molar-refractivity contribution in [3.8, 4) is 0 Å².